The van der Waals surface area contributed by atoms with Gasteiger partial charge in [0.25, 0.3) is 5.91 Å². The molecule has 3 nitrogen and oxygen atoms in total. The first kappa shape index (κ1) is 20.7. The molecule has 0 radical (unpaired) electrons. The molecule has 3 rings (SSSR count). The van der Waals surface area contributed by atoms with E-state index >= 15 is 0 Å². The van der Waals surface area contributed by atoms with Gasteiger partial charge in [0, 0.05) is 0 Å². The highest BCUT2D eigenvalue weighted by Gasteiger charge is 2.24. The molecule has 0 saturated carbocycles. The van der Waals surface area contributed by atoms with Gasteiger partial charge in [0.15, 0.2) is 6.10 Å². The number of carbonyl (C=O) groups excluding carboxylic acids is 1. The fourth-order valence-corrected chi connectivity index (χ4v) is 3.41. The third-order valence-electron chi connectivity index (χ3n) is 5.34. The van der Waals surface area contributed by atoms with Gasteiger partial charge in [-0.15, -0.1) is 0 Å². The molecule has 0 spiro atoms. The van der Waals surface area contributed by atoms with Crippen molar-refractivity contribution in [2.24, 2.45) is 0 Å². The van der Waals surface area contributed by atoms with Gasteiger partial charge in [-0.1, -0.05) is 67.6 Å². The van der Waals surface area contributed by atoms with Crippen molar-refractivity contribution in [3.05, 3.63) is 101 Å². The Morgan fingerprint density at radius 2 is 1.55 bits per heavy atom. The van der Waals surface area contributed by atoms with Crippen LogP contribution in [0.3, 0.4) is 0 Å². The zero-order valence-electron chi connectivity index (χ0n) is 17.6. The quantitative estimate of drug-likeness (QED) is 0.567. The van der Waals surface area contributed by atoms with Gasteiger partial charge < -0.3 is 10.1 Å². The highest BCUT2D eigenvalue weighted by molar-refractivity contribution is 5.82. The van der Waals surface area contributed by atoms with Crippen LogP contribution in [-0.2, 0) is 4.79 Å². The zero-order chi connectivity index (χ0) is 20.8. The first-order chi connectivity index (χ1) is 14.0. The van der Waals surface area contributed by atoms with Gasteiger partial charge in [-0.2, -0.15) is 0 Å². The number of amides is 1. The molecule has 0 aliphatic heterocycles. The highest BCUT2D eigenvalue weighted by atomic mass is 16.5. The van der Waals surface area contributed by atoms with Crippen molar-refractivity contribution in [3.8, 4) is 5.75 Å². The normalized spacial score (nSPS) is 12.8. The molecule has 0 aromatic heterocycles. The maximum atomic E-state index is 13.2. The number of hydrogen-bond donors (Lipinski definition) is 1. The topological polar surface area (TPSA) is 38.3 Å². The lowest BCUT2D eigenvalue weighted by Gasteiger charge is -2.25. The van der Waals surface area contributed by atoms with Crippen LogP contribution in [0.1, 0.15) is 47.2 Å². The Morgan fingerprint density at radius 3 is 2.21 bits per heavy atom. The predicted molar refractivity (Wildman–Crippen MR) is 118 cm³/mol. The summed E-state index contributed by atoms with van der Waals surface area (Å²) >= 11 is 0. The van der Waals surface area contributed by atoms with Crippen molar-refractivity contribution in [1.29, 1.82) is 0 Å². The molecular weight excluding hydrogens is 358 g/mol. The average Bonchev–Trinajstić information content (AvgIpc) is 2.74. The number of benzene rings is 3. The maximum absolute atomic E-state index is 13.2. The lowest BCUT2D eigenvalue weighted by atomic mass is 9.94. The Labute approximate surface area is 173 Å². The fraction of sp³-hybridized carbons (Fsp3) is 0.269. The molecule has 29 heavy (non-hydrogen) atoms. The van der Waals surface area contributed by atoms with Crippen LogP contribution < -0.4 is 10.1 Å². The maximum Gasteiger partial charge on any atom is 0.261 e. The molecular formula is C26H29NO2. The molecule has 0 aliphatic rings. The van der Waals surface area contributed by atoms with Crippen LogP contribution in [0, 0.1) is 20.8 Å². The van der Waals surface area contributed by atoms with E-state index in [2.05, 4.69) is 31.3 Å². The summed E-state index contributed by atoms with van der Waals surface area (Å²) in [5.74, 6) is 0.616. The minimum absolute atomic E-state index is 0.108. The van der Waals surface area contributed by atoms with Crippen LogP contribution in [-0.4, -0.2) is 12.0 Å². The van der Waals surface area contributed by atoms with Gasteiger partial charge in [0.2, 0.25) is 0 Å². The van der Waals surface area contributed by atoms with E-state index in [0.29, 0.717) is 6.42 Å². The van der Waals surface area contributed by atoms with E-state index in [0.717, 1.165) is 28.0 Å². The molecule has 0 aliphatic carbocycles. The molecule has 2 atom stereocenters. The third kappa shape index (κ3) is 5.05. The highest BCUT2D eigenvalue weighted by Crippen LogP contribution is 2.26. The van der Waals surface area contributed by atoms with E-state index in [1.807, 2.05) is 74.5 Å². The second kappa shape index (κ2) is 9.42. The van der Waals surface area contributed by atoms with Crippen LogP contribution in [0.25, 0.3) is 0 Å². The monoisotopic (exact) mass is 387 g/mol. The van der Waals surface area contributed by atoms with Crippen LogP contribution in [0.15, 0.2) is 72.8 Å². The Kier molecular flexibility index (Phi) is 6.71. The third-order valence-corrected chi connectivity index (χ3v) is 5.34. The lowest BCUT2D eigenvalue weighted by Crippen LogP contribution is -2.40. The molecule has 3 aromatic carbocycles. The number of rotatable bonds is 7. The summed E-state index contributed by atoms with van der Waals surface area (Å²) in [5.41, 5.74) is 5.65. The van der Waals surface area contributed by atoms with Gasteiger partial charge in [0.05, 0.1) is 6.04 Å². The summed E-state index contributed by atoms with van der Waals surface area (Å²) < 4.78 is 6.05. The molecule has 1 amide bonds. The van der Waals surface area contributed by atoms with E-state index in [1.165, 1.54) is 5.56 Å². The zero-order valence-corrected chi connectivity index (χ0v) is 17.6. The summed E-state index contributed by atoms with van der Waals surface area (Å²) in [6.45, 7) is 8.15. The minimum Gasteiger partial charge on any atom is -0.481 e. The molecule has 0 unspecified atom stereocenters. The van der Waals surface area contributed by atoms with Gasteiger partial charge in [0.1, 0.15) is 5.75 Å². The van der Waals surface area contributed by atoms with Crippen molar-refractivity contribution in [3.63, 3.8) is 0 Å². The van der Waals surface area contributed by atoms with Gasteiger partial charge >= 0.3 is 0 Å². The number of aryl methyl sites for hydroxylation is 3. The lowest BCUT2D eigenvalue weighted by molar-refractivity contribution is -0.128. The van der Waals surface area contributed by atoms with Crippen LogP contribution in [0.5, 0.6) is 5.75 Å². The smallest absolute Gasteiger partial charge is 0.261 e. The Balaban J connectivity index is 1.85. The van der Waals surface area contributed by atoms with E-state index in [4.69, 9.17) is 4.74 Å². The van der Waals surface area contributed by atoms with Gasteiger partial charge in [-0.3, -0.25) is 4.79 Å². The van der Waals surface area contributed by atoms with Crippen molar-refractivity contribution in [2.75, 3.05) is 0 Å². The standard InChI is InChI=1S/C26H29NO2/c1-5-24(29-22-16-15-18(2)20(4)17-22)26(28)27-25(21-12-7-6-8-13-21)23-14-10-9-11-19(23)3/h6-17,24-25H,5H2,1-4H3,(H,27,28)/t24-,25+/m0/s1. The predicted octanol–water partition coefficient (Wildman–Crippen LogP) is 5.68. The number of carbonyl (C=O) groups is 1. The fourth-order valence-electron chi connectivity index (χ4n) is 3.41. The summed E-state index contributed by atoms with van der Waals surface area (Å²) in [5, 5.41) is 3.22. The number of hydrogen-bond acceptors (Lipinski definition) is 2. The molecule has 3 aromatic rings. The second-order valence-electron chi connectivity index (χ2n) is 7.47. The number of ether oxygens (including phenoxy) is 1. The molecule has 150 valence electrons. The van der Waals surface area contributed by atoms with Crippen molar-refractivity contribution < 1.29 is 9.53 Å². The van der Waals surface area contributed by atoms with Crippen molar-refractivity contribution >= 4 is 5.91 Å². The Morgan fingerprint density at radius 1 is 0.862 bits per heavy atom. The number of nitrogens with one attached hydrogen (secondary N) is 1. The average molecular weight is 388 g/mol. The van der Waals surface area contributed by atoms with Gasteiger partial charge in [-0.05, 0) is 67.1 Å². The summed E-state index contributed by atoms with van der Waals surface area (Å²) in [4.78, 5) is 13.2. The SMILES string of the molecule is CC[C@H](Oc1ccc(C)c(C)c1)C(=O)N[C@H](c1ccccc1)c1ccccc1C. The van der Waals surface area contributed by atoms with Crippen molar-refractivity contribution in [1.82, 2.24) is 5.32 Å². The minimum atomic E-state index is -0.549. The van der Waals surface area contributed by atoms with Gasteiger partial charge in [-0.25, -0.2) is 0 Å². The largest absolute Gasteiger partial charge is 0.481 e. The summed E-state index contributed by atoms with van der Waals surface area (Å²) in [6.07, 6.45) is 0.0425. The molecule has 0 bridgehead atoms. The Hall–Kier alpha value is -3.07. The van der Waals surface area contributed by atoms with Crippen LogP contribution >= 0.6 is 0 Å². The molecule has 3 heteroatoms. The van der Waals surface area contributed by atoms with E-state index in [-0.39, 0.29) is 11.9 Å². The molecule has 1 N–H and O–H groups in total. The second-order valence-corrected chi connectivity index (χ2v) is 7.47. The first-order valence-electron chi connectivity index (χ1n) is 10.1. The van der Waals surface area contributed by atoms with E-state index < -0.39 is 6.10 Å². The van der Waals surface area contributed by atoms with Crippen molar-refractivity contribution in [2.45, 2.75) is 46.3 Å². The molecule has 0 heterocycles. The molecule has 0 fully saturated rings. The summed E-state index contributed by atoms with van der Waals surface area (Å²) in [6, 6.07) is 23.9. The first-order valence-corrected chi connectivity index (χ1v) is 10.1. The van der Waals surface area contributed by atoms with E-state index in [9.17, 15) is 4.79 Å². The molecule has 0 saturated heterocycles. The van der Waals surface area contributed by atoms with Crippen LogP contribution in [0.4, 0.5) is 0 Å². The van der Waals surface area contributed by atoms with Crippen LogP contribution in [0.2, 0.25) is 0 Å². The van der Waals surface area contributed by atoms with E-state index in [1.54, 1.807) is 0 Å². The Bertz CT molecular complexity index is 965. The summed E-state index contributed by atoms with van der Waals surface area (Å²) in [7, 11) is 0.